The first-order chi connectivity index (χ1) is 6.54. The molecule has 0 amide bonds. The number of methoxy groups -OCH3 is 1. The van der Waals surface area contributed by atoms with Gasteiger partial charge in [0.1, 0.15) is 5.82 Å². The van der Waals surface area contributed by atoms with Crippen molar-refractivity contribution in [2.75, 3.05) is 7.11 Å². The van der Waals surface area contributed by atoms with Crippen molar-refractivity contribution < 1.29 is 14.6 Å². The molecule has 1 aromatic heterocycles. The van der Waals surface area contributed by atoms with Gasteiger partial charge in [0, 0.05) is 5.56 Å². The van der Waals surface area contributed by atoms with E-state index in [-0.39, 0.29) is 6.42 Å². The van der Waals surface area contributed by atoms with Gasteiger partial charge in [-0.3, -0.25) is 4.79 Å². The first-order valence-electron chi connectivity index (χ1n) is 4.14. The van der Waals surface area contributed by atoms with Crippen LogP contribution in [0, 0.1) is 13.8 Å². The first kappa shape index (κ1) is 10.4. The number of hydrogen-bond acceptors (Lipinski definition) is 4. The second-order valence-electron chi connectivity index (χ2n) is 2.92. The van der Waals surface area contributed by atoms with Crippen molar-refractivity contribution >= 4 is 5.97 Å². The summed E-state index contributed by atoms with van der Waals surface area (Å²) in [5, 5.41) is 8.64. The number of nitrogens with zero attached hydrogens (tertiary/aromatic N) is 2. The molecule has 0 aromatic carbocycles. The minimum atomic E-state index is -0.909. The lowest BCUT2D eigenvalue weighted by Gasteiger charge is -2.07. The number of carboxylic acid groups (broad SMARTS) is 1. The van der Waals surface area contributed by atoms with Gasteiger partial charge in [-0.25, -0.2) is 4.98 Å². The van der Waals surface area contributed by atoms with E-state index in [2.05, 4.69) is 9.97 Å². The molecular weight excluding hydrogens is 184 g/mol. The molecule has 0 aliphatic carbocycles. The molecule has 5 nitrogen and oxygen atoms in total. The summed E-state index contributed by atoms with van der Waals surface area (Å²) in [7, 11) is 1.50. The van der Waals surface area contributed by atoms with Gasteiger partial charge in [0.05, 0.1) is 19.2 Å². The number of carboxylic acids is 1. The number of aryl methyl sites for hydroxylation is 1. The molecule has 0 atom stereocenters. The van der Waals surface area contributed by atoms with Crippen LogP contribution in [0.25, 0.3) is 0 Å². The smallest absolute Gasteiger partial charge is 0.309 e. The quantitative estimate of drug-likeness (QED) is 0.771. The van der Waals surface area contributed by atoms with Crippen LogP contribution in [0.5, 0.6) is 5.88 Å². The molecule has 0 bridgehead atoms. The summed E-state index contributed by atoms with van der Waals surface area (Å²) in [4.78, 5) is 18.6. The van der Waals surface area contributed by atoms with Crippen molar-refractivity contribution in [3.8, 4) is 5.88 Å². The highest BCUT2D eigenvalue weighted by Gasteiger charge is 2.11. The summed E-state index contributed by atoms with van der Waals surface area (Å²) in [5.41, 5.74) is 1.18. The standard InChI is InChI=1S/C9H12N2O3/c1-5-7(4-8(12)13)10-6(2)11-9(5)14-3/h4H2,1-3H3,(H,12,13). The van der Waals surface area contributed by atoms with Gasteiger partial charge in [-0.15, -0.1) is 0 Å². The van der Waals surface area contributed by atoms with Crippen molar-refractivity contribution in [2.24, 2.45) is 0 Å². The van der Waals surface area contributed by atoms with Crippen LogP contribution in [-0.4, -0.2) is 28.2 Å². The molecule has 0 saturated carbocycles. The Morgan fingerprint density at radius 1 is 1.43 bits per heavy atom. The zero-order valence-electron chi connectivity index (χ0n) is 8.37. The third-order valence-electron chi connectivity index (χ3n) is 1.83. The Hall–Kier alpha value is -1.65. The molecule has 0 saturated heterocycles. The molecule has 0 unspecified atom stereocenters. The van der Waals surface area contributed by atoms with Gasteiger partial charge in [-0.05, 0) is 13.8 Å². The van der Waals surface area contributed by atoms with Crippen LogP contribution in [0.15, 0.2) is 0 Å². The number of ether oxygens (including phenoxy) is 1. The average molecular weight is 196 g/mol. The van der Waals surface area contributed by atoms with Crippen molar-refractivity contribution in [3.05, 3.63) is 17.1 Å². The Morgan fingerprint density at radius 3 is 2.57 bits per heavy atom. The van der Waals surface area contributed by atoms with Crippen molar-refractivity contribution in [2.45, 2.75) is 20.3 Å². The topological polar surface area (TPSA) is 72.3 Å². The fourth-order valence-corrected chi connectivity index (χ4v) is 1.17. The lowest BCUT2D eigenvalue weighted by atomic mass is 10.2. The van der Waals surface area contributed by atoms with E-state index in [9.17, 15) is 4.79 Å². The van der Waals surface area contributed by atoms with Gasteiger partial charge in [0.25, 0.3) is 0 Å². The third-order valence-corrected chi connectivity index (χ3v) is 1.83. The Labute approximate surface area is 81.8 Å². The molecule has 1 N–H and O–H groups in total. The van der Waals surface area contributed by atoms with Crippen LogP contribution >= 0.6 is 0 Å². The maximum Gasteiger partial charge on any atom is 0.309 e. The van der Waals surface area contributed by atoms with Crippen molar-refractivity contribution in [1.29, 1.82) is 0 Å². The number of carbonyl (C=O) groups is 1. The van der Waals surface area contributed by atoms with Crippen LogP contribution in [0.2, 0.25) is 0 Å². The monoisotopic (exact) mass is 196 g/mol. The SMILES string of the molecule is COc1nc(C)nc(CC(=O)O)c1C. The summed E-state index contributed by atoms with van der Waals surface area (Å²) >= 11 is 0. The van der Waals surface area contributed by atoms with Crippen LogP contribution < -0.4 is 4.74 Å². The number of hydrogen-bond donors (Lipinski definition) is 1. The summed E-state index contributed by atoms with van der Waals surface area (Å²) in [6, 6.07) is 0. The van der Waals surface area contributed by atoms with E-state index < -0.39 is 5.97 Å². The molecule has 1 aromatic rings. The molecule has 14 heavy (non-hydrogen) atoms. The van der Waals surface area contributed by atoms with Gasteiger partial charge in [0.15, 0.2) is 0 Å². The number of aliphatic carboxylic acids is 1. The zero-order valence-corrected chi connectivity index (χ0v) is 8.37. The molecule has 1 rings (SSSR count). The Kier molecular flexibility index (Phi) is 3.01. The zero-order chi connectivity index (χ0) is 10.7. The van der Waals surface area contributed by atoms with Crippen LogP contribution in [0.1, 0.15) is 17.1 Å². The lowest BCUT2D eigenvalue weighted by molar-refractivity contribution is -0.136. The summed E-state index contributed by atoms with van der Waals surface area (Å²) in [6.45, 7) is 3.45. The third kappa shape index (κ3) is 2.18. The minimum absolute atomic E-state index is 0.106. The average Bonchev–Trinajstić information content (AvgIpc) is 2.09. The highest BCUT2D eigenvalue weighted by molar-refractivity contribution is 5.70. The van der Waals surface area contributed by atoms with Crippen LogP contribution in [0.4, 0.5) is 0 Å². The molecule has 1 heterocycles. The van der Waals surface area contributed by atoms with Gasteiger partial charge in [0.2, 0.25) is 5.88 Å². The molecule has 76 valence electrons. The van der Waals surface area contributed by atoms with Gasteiger partial charge < -0.3 is 9.84 Å². The second kappa shape index (κ2) is 4.04. The van der Waals surface area contributed by atoms with E-state index in [1.54, 1.807) is 13.8 Å². The predicted octanol–water partition coefficient (Wildman–Crippen LogP) is 0.729. The summed E-state index contributed by atoms with van der Waals surface area (Å²) < 4.78 is 5.00. The molecular formula is C9H12N2O3. The van der Waals surface area contributed by atoms with E-state index in [1.807, 2.05) is 0 Å². The summed E-state index contributed by atoms with van der Waals surface area (Å²) in [5.74, 6) is 0.0469. The van der Waals surface area contributed by atoms with Gasteiger partial charge in [-0.2, -0.15) is 4.98 Å². The summed E-state index contributed by atoms with van der Waals surface area (Å²) in [6.07, 6.45) is -0.106. The fourth-order valence-electron chi connectivity index (χ4n) is 1.17. The van der Waals surface area contributed by atoms with Crippen LogP contribution in [-0.2, 0) is 11.2 Å². The fraction of sp³-hybridized carbons (Fsp3) is 0.444. The lowest BCUT2D eigenvalue weighted by Crippen LogP contribution is -2.08. The molecule has 0 aliphatic rings. The van der Waals surface area contributed by atoms with Gasteiger partial charge >= 0.3 is 5.97 Å². The maximum absolute atomic E-state index is 10.5. The van der Waals surface area contributed by atoms with Gasteiger partial charge in [-0.1, -0.05) is 0 Å². The molecule has 5 heteroatoms. The first-order valence-corrected chi connectivity index (χ1v) is 4.14. The number of rotatable bonds is 3. The highest BCUT2D eigenvalue weighted by Crippen LogP contribution is 2.17. The second-order valence-corrected chi connectivity index (χ2v) is 2.92. The Balaban J connectivity index is 3.15. The Bertz CT molecular complexity index is 363. The maximum atomic E-state index is 10.5. The highest BCUT2D eigenvalue weighted by atomic mass is 16.5. The van der Waals surface area contributed by atoms with E-state index in [0.717, 1.165) is 0 Å². The molecule has 0 aliphatic heterocycles. The molecule has 0 spiro atoms. The predicted molar refractivity (Wildman–Crippen MR) is 49.4 cm³/mol. The van der Waals surface area contributed by atoms with E-state index >= 15 is 0 Å². The van der Waals surface area contributed by atoms with Crippen molar-refractivity contribution in [3.63, 3.8) is 0 Å². The van der Waals surface area contributed by atoms with E-state index in [1.165, 1.54) is 7.11 Å². The largest absolute Gasteiger partial charge is 0.481 e. The minimum Gasteiger partial charge on any atom is -0.481 e. The van der Waals surface area contributed by atoms with E-state index in [0.29, 0.717) is 23.0 Å². The van der Waals surface area contributed by atoms with Crippen molar-refractivity contribution in [1.82, 2.24) is 9.97 Å². The molecule has 0 radical (unpaired) electrons. The van der Waals surface area contributed by atoms with E-state index in [4.69, 9.17) is 9.84 Å². The number of aromatic nitrogens is 2. The van der Waals surface area contributed by atoms with Crippen LogP contribution in [0.3, 0.4) is 0 Å². The normalized spacial score (nSPS) is 9.93. The Morgan fingerprint density at radius 2 is 2.07 bits per heavy atom. The molecule has 0 fully saturated rings.